The predicted molar refractivity (Wildman–Crippen MR) is 71.8 cm³/mol. The van der Waals surface area contributed by atoms with Gasteiger partial charge in [0.15, 0.2) is 0 Å². The number of carbonyl (C=O) groups excluding carboxylic acids is 2. The van der Waals surface area contributed by atoms with Crippen LogP contribution in [0.2, 0.25) is 0 Å². The average Bonchev–Trinajstić information content (AvgIpc) is 2.86. The van der Waals surface area contributed by atoms with E-state index >= 15 is 0 Å². The van der Waals surface area contributed by atoms with Crippen LogP contribution >= 0.6 is 0 Å². The lowest BCUT2D eigenvalue weighted by atomic mass is 9.94. The molecule has 2 fully saturated rings. The third-order valence-electron chi connectivity index (χ3n) is 4.50. The van der Waals surface area contributed by atoms with Gasteiger partial charge in [-0.25, -0.2) is 0 Å². The van der Waals surface area contributed by atoms with Gasteiger partial charge in [-0.3, -0.25) is 14.4 Å². The Bertz CT molecular complexity index is 400. The molecule has 4 atom stereocenters. The molecule has 1 aliphatic heterocycles. The summed E-state index contributed by atoms with van der Waals surface area (Å²) in [7, 11) is 0. The summed E-state index contributed by atoms with van der Waals surface area (Å²) in [6.45, 7) is 2.47. The molecule has 2 amide bonds. The minimum absolute atomic E-state index is 0.00539. The quantitative estimate of drug-likeness (QED) is 0.700. The van der Waals surface area contributed by atoms with Crippen molar-refractivity contribution in [2.45, 2.75) is 45.1 Å². The molecule has 4 unspecified atom stereocenters. The number of hydrogen-bond acceptors (Lipinski definition) is 3. The molecule has 2 aliphatic rings. The van der Waals surface area contributed by atoms with E-state index < -0.39 is 17.8 Å². The lowest BCUT2D eigenvalue weighted by Gasteiger charge is -2.25. The van der Waals surface area contributed by atoms with E-state index in [4.69, 9.17) is 0 Å². The normalized spacial score (nSPS) is 33.5. The molecule has 1 aliphatic carbocycles. The predicted octanol–water partition coefficient (Wildman–Crippen LogP) is 0.518. The fraction of sp³-hybridized carbons (Fsp3) is 0.786. The van der Waals surface area contributed by atoms with Crippen LogP contribution in [0.4, 0.5) is 0 Å². The van der Waals surface area contributed by atoms with E-state index in [1.807, 2.05) is 6.92 Å². The van der Waals surface area contributed by atoms with Gasteiger partial charge in [0.1, 0.15) is 0 Å². The van der Waals surface area contributed by atoms with Crippen LogP contribution in [0.25, 0.3) is 0 Å². The molecule has 3 N–H and O–H groups in total. The smallest absolute Gasteiger partial charge is 0.307 e. The first-order valence-corrected chi connectivity index (χ1v) is 7.31. The van der Waals surface area contributed by atoms with Crippen LogP contribution in [0.1, 0.15) is 39.0 Å². The molecule has 0 radical (unpaired) electrons. The van der Waals surface area contributed by atoms with E-state index in [1.165, 1.54) is 0 Å². The summed E-state index contributed by atoms with van der Waals surface area (Å²) in [5, 5.41) is 14.9. The maximum absolute atomic E-state index is 12.3. The van der Waals surface area contributed by atoms with E-state index in [9.17, 15) is 19.5 Å². The molecule has 0 aromatic carbocycles. The number of carbonyl (C=O) groups is 3. The van der Waals surface area contributed by atoms with E-state index in [-0.39, 0.29) is 17.9 Å². The lowest BCUT2D eigenvalue weighted by Crippen LogP contribution is -2.50. The fourth-order valence-corrected chi connectivity index (χ4v) is 3.20. The number of carboxylic acid groups (broad SMARTS) is 1. The summed E-state index contributed by atoms with van der Waals surface area (Å²) in [6.07, 6.45) is 3.19. The number of nitrogens with one attached hydrogen (secondary N) is 2. The number of carboxylic acids is 1. The summed E-state index contributed by atoms with van der Waals surface area (Å²) in [5.74, 6) is -1.73. The highest BCUT2D eigenvalue weighted by atomic mass is 16.4. The summed E-state index contributed by atoms with van der Waals surface area (Å²) < 4.78 is 0. The molecule has 0 spiro atoms. The minimum atomic E-state index is -0.877. The Morgan fingerprint density at radius 2 is 2.05 bits per heavy atom. The number of aliphatic carboxylic acids is 1. The van der Waals surface area contributed by atoms with E-state index in [2.05, 4.69) is 10.6 Å². The molecule has 0 aromatic rings. The summed E-state index contributed by atoms with van der Waals surface area (Å²) in [4.78, 5) is 34.6. The molecular weight excluding hydrogens is 260 g/mol. The Morgan fingerprint density at radius 3 is 2.60 bits per heavy atom. The second kappa shape index (κ2) is 6.24. The molecule has 1 heterocycles. The average molecular weight is 282 g/mol. The Morgan fingerprint density at radius 1 is 1.35 bits per heavy atom. The summed E-state index contributed by atoms with van der Waals surface area (Å²) >= 11 is 0. The third kappa shape index (κ3) is 3.29. The zero-order valence-corrected chi connectivity index (χ0v) is 11.7. The van der Waals surface area contributed by atoms with Crippen molar-refractivity contribution in [3.8, 4) is 0 Å². The monoisotopic (exact) mass is 282 g/mol. The number of amides is 2. The van der Waals surface area contributed by atoms with Crippen LogP contribution < -0.4 is 10.6 Å². The SMILES string of the molecule is CCC1CC(C(=O)O)C(C(=O)NC2CCC(=O)NC2)C1. The fourth-order valence-electron chi connectivity index (χ4n) is 3.20. The van der Waals surface area contributed by atoms with Crippen LogP contribution in [-0.4, -0.2) is 35.5 Å². The third-order valence-corrected chi connectivity index (χ3v) is 4.50. The van der Waals surface area contributed by atoms with Crippen molar-refractivity contribution in [2.24, 2.45) is 17.8 Å². The van der Waals surface area contributed by atoms with Crippen molar-refractivity contribution >= 4 is 17.8 Å². The van der Waals surface area contributed by atoms with E-state index in [0.717, 1.165) is 6.42 Å². The van der Waals surface area contributed by atoms with Crippen molar-refractivity contribution in [3.05, 3.63) is 0 Å². The van der Waals surface area contributed by atoms with Gasteiger partial charge in [0.05, 0.1) is 11.8 Å². The van der Waals surface area contributed by atoms with Gasteiger partial charge < -0.3 is 15.7 Å². The highest BCUT2D eigenvalue weighted by molar-refractivity contribution is 5.86. The number of rotatable bonds is 4. The first-order chi connectivity index (χ1) is 9.51. The zero-order chi connectivity index (χ0) is 14.7. The van der Waals surface area contributed by atoms with Gasteiger partial charge >= 0.3 is 5.97 Å². The van der Waals surface area contributed by atoms with Crippen LogP contribution in [0, 0.1) is 17.8 Å². The van der Waals surface area contributed by atoms with Crippen LogP contribution in [0.5, 0.6) is 0 Å². The molecule has 6 nitrogen and oxygen atoms in total. The maximum atomic E-state index is 12.3. The molecule has 6 heteroatoms. The Kier molecular flexibility index (Phi) is 4.62. The van der Waals surface area contributed by atoms with E-state index in [0.29, 0.717) is 38.1 Å². The van der Waals surface area contributed by atoms with Crippen LogP contribution in [0.15, 0.2) is 0 Å². The Hall–Kier alpha value is -1.59. The van der Waals surface area contributed by atoms with Gasteiger partial charge in [0.2, 0.25) is 11.8 Å². The second-order valence-corrected chi connectivity index (χ2v) is 5.85. The van der Waals surface area contributed by atoms with Gasteiger partial charge in [-0.05, 0) is 25.2 Å². The molecular formula is C14H22N2O4. The van der Waals surface area contributed by atoms with Crippen LogP contribution in [-0.2, 0) is 14.4 Å². The molecule has 0 bridgehead atoms. The van der Waals surface area contributed by atoms with Crippen molar-refractivity contribution in [3.63, 3.8) is 0 Å². The highest BCUT2D eigenvalue weighted by Gasteiger charge is 2.42. The van der Waals surface area contributed by atoms with Crippen molar-refractivity contribution in [1.29, 1.82) is 0 Å². The van der Waals surface area contributed by atoms with E-state index in [1.54, 1.807) is 0 Å². The van der Waals surface area contributed by atoms with Gasteiger partial charge in [-0.15, -0.1) is 0 Å². The van der Waals surface area contributed by atoms with Crippen molar-refractivity contribution in [2.75, 3.05) is 6.54 Å². The first kappa shape index (κ1) is 14.8. The summed E-state index contributed by atoms with van der Waals surface area (Å²) in [6, 6.07) is -0.0738. The Labute approximate surface area is 118 Å². The molecule has 20 heavy (non-hydrogen) atoms. The highest BCUT2D eigenvalue weighted by Crippen LogP contribution is 2.38. The molecule has 0 aromatic heterocycles. The molecule has 1 saturated heterocycles. The number of hydrogen-bond donors (Lipinski definition) is 3. The molecule has 2 rings (SSSR count). The van der Waals surface area contributed by atoms with Crippen molar-refractivity contribution in [1.82, 2.24) is 10.6 Å². The van der Waals surface area contributed by atoms with Crippen LogP contribution in [0.3, 0.4) is 0 Å². The topological polar surface area (TPSA) is 95.5 Å². The zero-order valence-electron chi connectivity index (χ0n) is 11.7. The van der Waals surface area contributed by atoms with Gasteiger partial charge in [-0.2, -0.15) is 0 Å². The second-order valence-electron chi connectivity index (χ2n) is 5.85. The molecule has 1 saturated carbocycles. The lowest BCUT2D eigenvalue weighted by molar-refractivity contribution is -0.146. The maximum Gasteiger partial charge on any atom is 0.307 e. The largest absolute Gasteiger partial charge is 0.481 e. The van der Waals surface area contributed by atoms with Gasteiger partial charge in [0.25, 0.3) is 0 Å². The summed E-state index contributed by atoms with van der Waals surface area (Å²) in [5.41, 5.74) is 0. The van der Waals surface area contributed by atoms with Crippen molar-refractivity contribution < 1.29 is 19.5 Å². The van der Waals surface area contributed by atoms with Gasteiger partial charge in [-0.1, -0.05) is 13.3 Å². The standard InChI is InChI=1S/C14H22N2O4/c1-2-8-5-10(11(6-8)14(19)20)13(18)16-9-3-4-12(17)15-7-9/h8-11H,2-7H2,1H3,(H,15,17)(H,16,18)(H,19,20). The molecule has 112 valence electrons. The Balaban J connectivity index is 1.93. The minimum Gasteiger partial charge on any atom is -0.481 e. The van der Waals surface area contributed by atoms with Gasteiger partial charge in [0, 0.05) is 19.0 Å². The number of piperidine rings is 1. The first-order valence-electron chi connectivity index (χ1n) is 7.31.